The topological polar surface area (TPSA) is 96.0 Å². The summed E-state index contributed by atoms with van der Waals surface area (Å²) in [5.74, 6) is -1.61. The van der Waals surface area contributed by atoms with Gasteiger partial charge < -0.3 is 19.8 Å². The molecule has 0 radical (unpaired) electrons. The van der Waals surface area contributed by atoms with Gasteiger partial charge in [0.05, 0.1) is 12.6 Å². The van der Waals surface area contributed by atoms with Crippen LogP contribution in [0.1, 0.15) is 12.5 Å². The van der Waals surface area contributed by atoms with Crippen molar-refractivity contribution in [2.75, 3.05) is 19.6 Å². The first-order valence-electron chi connectivity index (χ1n) is 7.63. The Morgan fingerprint density at radius 3 is 2.58 bits per heavy atom. The summed E-state index contributed by atoms with van der Waals surface area (Å²) in [6, 6.07) is 8.37. The molecule has 1 N–H and O–H groups in total. The summed E-state index contributed by atoms with van der Waals surface area (Å²) in [5, 5.41) is 3.09. The molecule has 1 saturated heterocycles. The van der Waals surface area contributed by atoms with Crippen LogP contribution in [-0.2, 0) is 25.6 Å². The molecule has 24 heavy (non-hydrogen) atoms. The second-order valence-corrected chi connectivity index (χ2v) is 5.25. The molecule has 8 nitrogen and oxygen atoms in total. The van der Waals surface area contributed by atoms with Crippen molar-refractivity contribution in [2.45, 2.75) is 19.4 Å². The van der Waals surface area contributed by atoms with E-state index in [0.717, 1.165) is 5.56 Å². The minimum Gasteiger partial charge on any atom is -0.333 e. The number of benzene rings is 1. The largest absolute Gasteiger partial charge is 0.432 e. The number of rotatable bonds is 6. The van der Waals surface area contributed by atoms with E-state index in [4.69, 9.17) is 4.84 Å². The number of likely N-dealkylation sites (N-methyl/N-ethyl adjacent to an activating group) is 1. The summed E-state index contributed by atoms with van der Waals surface area (Å²) in [4.78, 5) is 52.8. The average molecular weight is 333 g/mol. The standard InChI is InChI=1S/C16H19N3O5/c1-2-18-8-9-19(15(22)14(18)21)24-16(23)17-13(11-20)10-12-6-4-3-5-7-12/h3-7,11,13H,2,8-10H2,1H3,(H,17,23)/t13-/m0/s1. The van der Waals surface area contributed by atoms with Crippen LogP contribution in [0.2, 0.25) is 0 Å². The van der Waals surface area contributed by atoms with Crippen molar-refractivity contribution >= 4 is 24.2 Å². The lowest BCUT2D eigenvalue weighted by atomic mass is 10.1. The average Bonchev–Trinajstić information content (AvgIpc) is 2.59. The normalized spacial score (nSPS) is 15.9. The van der Waals surface area contributed by atoms with Gasteiger partial charge in [-0.25, -0.2) is 4.79 Å². The molecule has 1 heterocycles. The molecule has 1 aromatic rings. The van der Waals surface area contributed by atoms with Crippen LogP contribution in [0, 0.1) is 0 Å². The van der Waals surface area contributed by atoms with E-state index in [2.05, 4.69) is 5.32 Å². The Kier molecular flexibility index (Phi) is 5.89. The lowest BCUT2D eigenvalue weighted by Gasteiger charge is -2.31. The second-order valence-electron chi connectivity index (χ2n) is 5.25. The SMILES string of the molecule is CCN1CCN(OC(=O)N[C@H](C=O)Cc2ccccc2)C(=O)C1=O. The third kappa shape index (κ3) is 4.31. The number of carbonyl (C=O) groups excluding carboxylic acids is 4. The molecule has 2 rings (SSSR count). The summed E-state index contributed by atoms with van der Waals surface area (Å²) in [5.41, 5.74) is 0.873. The molecule has 1 aromatic carbocycles. The number of hydrogen-bond acceptors (Lipinski definition) is 5. The van der Waals surface area contributed by atoms with E-state index in [0.29, 0.717) is 24.3 Å². The van der Waals surface area contributed by atoms with Crippen molar-refractivity contribution in [3.05, 3.63) is 35.9 Å². The van der Waals surface area contributed by atoms with Crippen molar-refractivity contribution in [3.8, 4) is 0 Å². The van der Waals surface area contributed by atoms with Gasteiger partial charge >= 0.3 is 17.9 Å². The summed E-state index contributed by atoms with van der Waals surface area (Å²) in [6.07, 6.45) is -0.0549. The molecular weight excluding hydrogens is 314 g/mol. The van der Waals surface area contributed by atoms with Crippen LogP contribution >= 0.6 is 0 Å². The van der Waals surface area contributed by atoms with Crippen LogP contribution in [0.3, 0.4) is 0 Å². The van der Waals surface area contributed by atoms with Gasteiger partial charge in [-0.3, -0.25) is 9.59 Å². The van der Waals surface area contributed by atoms with Gasteiger partial charge in [-0.05, 0) is 18.9 Å². The number of hydrogen-bond donors (Lipinski definition) is 1. The Morgan fingerprint density at radius 1 is 1.25 bits per heavy atom. The smallest absolute Gasteiger partial charge is 0.333 e. The summed E-state index contributed by atoms with van der Waals surface area (Å²) in [7, 11) is 0. The lowest BCUT2D eigenvalue weighted by Crippen LogP contribution is -2.55. The predicted octanol–water partition coefficient (Wildman–Crippen LogP) is 0.128. The molecule has 8 heteroatoms. The van der Waals surface area contributed by atoms with E-state index in [9.17, 15) is 19.2 Å². The van der Waals surface area contributed by atoms with Gasteiger partial charge in [-0.1, -0.05) is 30.3 Å². The fourth-order valence-corrected chi connectivity index (χ4v) is 2.32. The molecule has 1 atom stereocenters. The highest BCUT2D eigenvalue weighted by atomic mass is 16.7. The van der Waals surface area contributed by atoms with Crippen LogP contribution in [0.25, 0.3) is 0 Å². The monoisotopic (exact) mass is 333 g/mol. The highest BCUT2D eigenvalue weighted by Crippen LogP contribution is 2.06. The molecule has 1 aliphatic heterocycles. The van der Waals surface area contributed by atoms with E-state index in [-0.39, 0.29) is 13.1 Å². The molecule has 1 aliphatic rings. The van der Waals surface area contributed by atoms with Crippen LogP contribution in [0.4, 0.5) is 4.79 Å². The number of aldehydes is 1. The maximum atomic E-state index is 11.9. The number of carbonyl (C=O) groups is 4. The van der Waals surface area contributed by atoms with E-state index in [1.165, 1.54) is 4.90 Å². The Balaban J connectivity index is 1.89. The van der Waals surface area contributed by atoms with Crippen molar-refractivity contribution in [2.24, 2.45) is 0 Å². The lowest BCUT2D eigenvalue weighted by molar-refractivity contribution is -0.182. The van der Waals surface area contributed by atoms with Crippen molar-refractivity contribution in [1.82, 2.24) is 15.3 Å². The molecule has 0 aliphatic carbocycles. The van der Waals surface area contributed by atoms with Crippen LogP contribution in [0.15, 0.2) is 30.3 Å². The third-order valence-corrected chi connectivity index (χ3v) is 3.61. The molecule has 0 saturated carbocycles. The Morgan fingerprint density at radius 2 is 1.96 bits per heavy atom. The zero-order valence-electron chi connectivity index (χ0n) is 13.3. The first kappa shape index (κ1) is 17.5. The molecule has 0 unspecified atom stereocenters. The maximum absolute atomic E-state index is 11.9. The Labute approximate surface area is 139 Å². The zero-order valence-corrected chi connectivity index (χ0v) is 13.3. The number of amides is 3. The minimum absolute atomic E-state index is 0.0935. The first-order valence-corrected chi connectivity index (χ1v) is 7.63. The van der Waals surface area contributed by atoms with Gasteiger partial charge in [-0.15, -0.1) is 0 Å². The second kappa shape index (κ2) is 8.09. The highest BCUT2D eigenvalue weighted by Gasteiger charge is 2.34. The molecule has 0 aromatic heterocycles. The molecular formula is C16H19N3O5. The first-order chi connectivity index (χ1) is 11.5. The molecule has 1 fully saturated rings. The van der Waals surface area contributed by atoms with Crippen LogP contribution in [-0.4, -0.2) is 59.8 Å². The fraction of sp³-hybridized carbons (Fsp3) is 0.375. The van der Waals surface area contributed by atoms with Crippen LogP contribution in [0.5, 0.6) is 0 Å². The zero-order chi connectivity index (χ0) is 17.5. The number of piperazine rings is 1. The number of hydroxylamine groups is 2. The van der Waals surface area contributed by atoms with Gasteiger partial charge in [0.2, 0.25) is 0 Å². The Bertz CT molecular complexity index is 619. The van der Waals surface area contributed by atoms with Gasteiger partial charge in [0.25, 0.3) is 0 Å². The Hall–Kier alpha value is -2.90. The fourth-order valence-electron chi connectivity index (χ4n) is 2.32. The van der Waals surface area contributed by atoms with Gasteiger partial charge in [0.15, 0.2) is 0 Å². The van der Waals surface area contributed by atoms with Crippen molar-refractivity contribution in [1.29, 1.82) is 0 Å². The third-order valence-electron chi connectivity index (χ3n) is 3.61. The van der Waals surface area contributed by atoms with Gasteiger partial charge in [0.1, 0.15) is 6.29 Å². The molecule has 3 amide bonds. The number of nitrogens with one attached hydrogen (secondary N) is 1. The highest BCUT2D eigenvalue weighted by molar-refractivity contribution is 6.35. The van der Waals surface area contributed by atoms with Gasteiger partial charge in [-0.2, -0.15) is 5.06 Å². The van der Waals surface area contributed by atoms with Gasteiger partial charge in [0, 0.05) is 13.1 Å². The van der Waals surface area contributed by atoms with E-state index in [1.54, 1.807) is 6.92 Å². The molecule has 0 bridgehead atoms. The minimum atomic E-state index is -0.950. The van der Waals surface area contributed by atoms with E-state index in [1.807, 2.05) is 30.3 Å². The van der Waals surface area contributed by atoms with E-state index >= 15 is 0 Å². The summed E-state index contributed by atoms with van der Waals surface area (Å²) < 4.78 is 0. The summed E-state index contributed by atoms with van der Waals surface area (Å²) >= 11 is 0. The maximum Gasteiger partial charge on any atom is 0.432 e. The van der Waals surface area contributed by atoms with E-state index < -0.39 is 23.9 Å². The van der Waals surface area contributed by atoms with Crippen molar-refractivity contribution < 1.29 is 24.0 Å². The predicted molar refractivity (Wildman–Crippen MR) is 83.6 cm³/mol. The van der Waals surface area contributed by atoms with Crippen molar-refractivity contribution in [3.63, 3.8) is 0 Å². The summed E-state index contributed by atoms with van der Waals surface area (Å²) in [6.45, 7) is 2.55. The molecule has 128 valence electrons. The molecule has 0 spiro atoms. The quantitative estimate of drug-likeness (QED) is 0.590. The van der Waals surface area contributed by atoms with Crippen LogP contribution < -0.4 is 5.32 Å². The number of nitrogens with zero attached hydrogens (tertiary/aromatic N) is 2.